The fourth-order valence-corrected chi connectivity index (χ4v) is 5.63. The zero-order valence-corrected chi connectivity index (χ0v) is 14.0. The van der Waals surface area contributed by atoms with Crippen molar-refractivity contribution in [1.29, 1.82) is 0 Å². The summed E-state index contributed by atoms with van der Waals surface area (Å²) < 4.78 is 26.0. The summed E-state index contributed by atoms with van der Waals surface area (Å²) in [5.41, 5.74) is 1.63. The van der Waals surface area contributed by atoms with Crippen LogP contribution in [0.4, 0.5) is 5.82 Å². The lowest BCUT2D eigenvalue weighted by Gasteiger charge is -2.34. The average Bonchev–Trinajstić information content (AvgIpc) is 2.84. The minimum atomic E-state index is -3.17. The fraction of sp³-hybridized carbons (Fsp3) is 0.462. The van der Waals surface area contributed by atoms with Gasteiger partial charge in [-0.05, 0) is 12.1 Å². The number of rotatable bonds is 3. The van der Waals surface area contributed by atoms with E-state index < -0.39 is 15.2 Å². The van der Waals surface area contributed by atoms with Gasteiger partial charge in [-0.3, -0.25) is 0 Å². The van der Waals surface area contributed by atoms with Crippen molar-refractivity contribution in [3.05, 3.63) is 30.1 Å². The highest BCUT2D eigenvalue weighted by molar-refractivity contribution is 8.01. The van der Waals surface area contributed by atoms with Crippen LogP contribution in [0, 0.1) is 0 Å². The summed E-state index contributed by atoms with van der Waals surface area (Å²) >= 11 is 7.75. The van der Waals surface area contributed by atoms with Gasteiger partial charge in [0.1, 0.15) is 11.0 Å². The normalized spacial score (nSPS) is 20.1. The number of sulfone groups is 1. The lowest BCUT2D eigenvalue weighted by atomic mass is 10.4. The topological polar surface area (TPSA) is 54.7 Å². The summed E-state index contributed by atoms with van der Waals surface area (Å²) in [7, 11) is -3.17. The largest absolute Gasteiger partial charge is 0.337 e. The van der Waals surface area contributed by atoms with Crippen molar-refractivity contribution in [1.82, 2.24) is 9.38 Å². The fourth-order valence-electron chi connectivity index (χ4n) is 2.57. The van der Waals surface area contributed by atoms with Gasteiger partial charge in [-0.2, -0.15) is 11.8 Å². The van der Waals surface area contributed by atoms with Crippen molar-refractivity contribution in [3.8, 4) is 0 Å². The average molecular weight is 346 g/mol. The van der Waals surface area contributed by atoms with Crippen LogP contribution >= 0.6 is 23.4 Å². The number of imidazole rings is 1. The first-order valence-corrected chi connectivity index (χ1v) is 10.2. The van der Waals surface area contributed by atoms with E-state index >= 15 is 0 Å². The van der Waals surface area contributed by atoms with E-state index in [1.54, 1.807) is 11.8 Å². The van der Waals surface area contributed by atoms with Gasteiger partial charge >= 0.3 is 0 Å². The Kier molecular flexibility index (Phi) is 4.07. The van der Waals surface area contributed by atoms with Crippen molar-refractivity contribution < 1.29 is 8.42 Å². The van der Waals surface area contributed by atoms with Gasteiger partial charge in [0.25, 0.3) is 0 Å². The van der Waals surface area contributed by atoms with E-state index in [1.807, 2.05) is 33.7 Å². The third kappa shape index (κ3) is 2.74. The van der Waals surface area contributed by atoms with Gasteiger partial charge < -0.3 is 9.30 Å². The summed E-state index contributed by atoms with van der Waals surface area (Å²) in [5.74, 6) is 2.43. The molecule has 0 amide bonds. The second-order valence-corrected chi connectivity index (χ2v) is 8.62. The lowest BCUT2D eigenvalue weighted by molar-refractivity contribution is 0.583. The second-order valence-electron chi connectivity index (χ2n) is 5.00. The van der Waals surface area contributed by atoms with Crippen molar-refractivity contribution >= 4 is 44.7 Å². The van der Waals surface area contributed by atoms with Crippen LogP contribution in [0.1, 0.15) is 5.69 Å². The maximum Gasteiger partial charge on any atom is 0.169 e. The predicted octanol–water partition coefficient (Wildman–Crippen LogP) is 2.00. The van der Waals surface area contributed by atoms with Crippen molar-refractivity contribution in [2.45, 2.75) is 11.3 Å². The molecule has 114 valence electrons. The van der Waals surface area contributed by atoms with Gasteiger partial charge in [0.15, 0.2) is 15.7 Å². The van der Waals surface area contributed by atoms with Gasteiger partial charge in [-0.25, -0.2) is 13.4 Å². The molecule has 1 saturated heterocycles. The Hall–Kier alpha value is -0.920. The van der Waals surface area contributed by atoms with E-state index in [4.69, 9.17) is 11.6 Å². The number of anilines is 1. The van der Waals surface area contributed by atoms with Crippen molar-refractivity contribution in [2.75, 3.05) is 29.2 Å². The predicted molar refractivity (Wildman–Crippen MR) is 88.1 cm³/mol. The highest BCUT2D eigenvalue weighted by Crippen LogP contribution is 2.30. The molecule has 0 aromatic carbocycles. The zero-order valence-electron chi connectivity index (χ0n) is 11.6. The van der Waals surface area contributed by atoms with Gasteiger partial charge in [0, 0.05) is 30.5 Å². The molecule has 21 heavy (non-hydrogen) atoms. The molecule has 0 aliphatic carbocycles. The highest BCUT2D eigenvalue weighted by Gasteiger charge is 2.34. The van der Waals surface area contributed by atoms with Crippen LogP contribution in [-0.4, -0.2) is 47.5 Å². The molecule has 0 saturated carbocycles. The number of thioether (sulfide) groups is 1. The zero-order chi connectivity index (χ0) is 15.0. The molecule has 5 nitrogen and oxygen atoms in total. The summed E-state index contributed by atoms with van der Waals surface area (Å²) in [5, 5.41) is -0.539. The third-order valence-corrected chi connectivity index (χ3v) is 6.48. The summed E-state index contributed by atoms with van der Waals surface area (Å²) in [6, 6.07) is 5.71. The van der Waals surface area contributed by atoms with Crippen LogP contribution in [0.2, 0.25) is 0 Å². The number of hydrogen-bond acceptors (Lipinski definition) is 5. The molecule has 2 aromatic heterocycles. The first-order chi connectivity index (χ1) is 10.0. The van der Waals surface area contributed by atoms with Crippen LogP contribution in [-0.2, 0) is 15.7 Å². The van der Waals surface area contributed by atoms with Crippen LogP contribution in [0.15, 0.2) is 24.4 Å². The van der Waals surface area contributed by atoms with Crippen LogP contribution in [0.5, 0.6) is 0 Å². The van der Waals surface area contributed by atoms with E-state index in [0.29, 0.717) is 24.0 Å². The molecule has 1 aliphatic heterocycles. The minimum absolute atomic E-state index is 0.292. The molecule has 0 N–H and O–H groups in total. The molecule has 1 fully saturated rings. The van der Waals surface area contributed by atoms with Crippen molar-refractivity contribution in [2.24, 2.45) is 0 Å². The molecule has 0 bridgehead atoms. The molecule has 1 aliphatic rings. The maximum atomic E-state index is 12.1. The Bertz CT molecular complexity index is 760. The monoisotopic (exact) mass is 345 g/mol. The van der Waals surface area contributed by atoms with E-state index in [2.05, 4.69) is 4.98 Å². The number of nitrogens with zero attached hydrogens (tertiary/aromatic N) is 3. The lowest BCUT2D eigenvalue weighted by Crippen LogP contribution is -2.47. The summed E-state index contributed by atoms with van der Waals surface area (Å²) in [4.78, 5) is 6.49. The number of halogens is 1. The standard InChI is InChI=1S/C13H16ClN3O2S2/c1-21(18,19)12-9-20-7-6-17(12)13-10(8-14)16-5-3-2-4-11(16)15-13/h2-5,12H,6-9H2,1H3. The third-order valence-electron chi connectivity index (χ3n) is 3.59. The van der Waals surface area contributed by atoms with E-state index in [9.17, 15) is 8.42 Å². The molecule has 1 unspecified atom stereocenters. The molecule has 3 rings (SSSR count). The van der Waals surface area contributed by atoms with E-state index in [0.717, 1.165) is 17.1 Å². The molecule has 1 atom stereocenters. The number of hydrogen-bond donors (Lipinski definition) is 0. The molecule has 3 heterocycles. The molecule has 8 heteroatoms. The van der Waals surface area contributed by atoms with E-state index in [-0.39, 0.29) is 0 Å². The Labute approximate surface area is 133 Å². The van der Waals surface area contributed by atoms with Crippen LogP contribution in [0.25, 0.3) is 5.65 Å². The van der Waals surface area contributed by atoms with Crippen molar-refractivity contribution in [3.63, 3.8) is 0 Å². The molecular weight excluding hydrogens is 330 g/mol. The highest BCUT2D eigenvalue weighted by atomic mass is 35.5. The van der Waals surface area contributed by atoms with Gasteiger partial charge in [-0.1, -0.05) is 6.07 Å². The molecule has 0 radical (unpaired) electrons. The van der Waals surface area contributed by atoms with Crippen LogP contribution < -0.4 is 4.90 Å². The number of fused-ring (bicyclic) bond motifs is 1. The molecular formula is C13H16ClN3O2S2. The minimum Gasteiger partial charge on any atom is -0.337 e. The summed E-state index contributed by atoms with van der Waals surface area (Å²) in [6.07, 6.45) is 3.18. The van der Waals surface area contributed by atoms with Crippen LogP contribution in [0.3, 0.4) is 0 Å². The first kappa shape index (κ1) is 15.0. The van der Waals surface area contributed by atoms with Gasteiger partial charge in [-0.15, -0.1) is 11.6 Å². The Balaban J connectivity index is 2.13. The first-order valence-electron chi connectivity index (χ1n) is 6.57. The SMILES string of the molecule is CS(=O)(=O)C1CSCCN1c1nc2ccccn2c1CCl. The van der Waals surface area contributed by atoms with Gasteiger partial charge in [0.05, 0.1) is 11.6 Å². The smallest absolute Gasteiger partial charge is 0.169 e. The van der Waals surface area contributed by atoms with E-state index in [1.165, 1.54) is 6.26 Å². The Morgan fingerprint density at radius 3 is 3.00 bits per heavy atom. The number of aromatic nitrogens is 2. The quantitative estimate of drug-likeness (QED) is 0.796. The Morgan fingerprint density at radius 1 is 1.48 bits per heavy atom. The number of alkyl halides is 1. The summed E-state index contributed by atoms with van der Waals surface area (Å²) in [6.45, 7) is 0.663. The number of pyridine rings is 1. The molecule has 0 spiro atoms. The maximum absolute atomic E-state index is 12.1. The second kappa shape index (κ2) is 5.70. The van der Waals surface area contributed by atoms with Gasteiger partial charge in [0.2, 0.25) is 0 Å². The molecule has 2 aromatic rings. The Morgan fingerprint density at radius 2 is 2.29 bits per heavy atom.